The van der Waals surface area contributed by atoms with E-state index in [1.54, 1.807) is 55.5 Å². The second-order valence-electron chi connectivity index (χ2n) is 6.12. The van der Waals surface area contributed by atoms with Crippen LogP contribution in [0.15, 0.2) is 48.0 Å². The van der Waals surface area contributed by atoms with Gasteiger partial charge in [-0.2, -0.15) is 5.26 Å². The number of nitrogens with one attached hydrogen (secondary N) is 1. The maximum Gasteiger partial charge on any atom is 0.349 e. The number of carbonyl (C=O) groups excluding carboxylic acids is 2. The van der Waals surface area contributed by atoms with Crippen LogP contribution in [0.3, 0.4) is 0 Å². The Morgan fingerprint density at radius 3 is 2.55 bits per heavy atom. The van der Waals surface area contributed by atoms with E-state index >= 15 is 0 Å². The molecule has 6 nitrogen and oxygen atoms in total. The smallest absolute Gasteiger partial charge is 0.349 e. The Morgan fingerprint density at radius 2 is 1.93 bits per heavy atom. The van der Waals surface area contributed by atoms with Gasteiger partial charge in [-0.1, -0.05) is 29.8 Å². The third-order valence-electron chi connectivity index (χ3n) is 4.02. The van der Waals surface area contributed by atoms with Crippen LogP contribution in [0.5, 0.6) is 5.75 Å². The number of hydrogen-bond donors (Lipinski definition) is 1. The highest BCUT2D eigenvalue weighted by atomic mass is 35.5. The summed E-state index contributed by atoms with van der Waals surface area (Å²) in [5.41, 5.74) is 1.64. The van der Waals surface area contributed by atoms with Gasteiger partial charge in [0.15, 0.2) is 6.10 Å². The van der Waals surface area contributed by atoms with Gasteiger partial charge in [0.25, 0.3) is 5.91 Å². The zero-order valence-corrected chi connectivity index (χ0v) is 17.1. The number of nitrogens with zero attached hydrogens (tertiary/aromatic N) is 1. The predicted molar refractivity (Wildman–Crippen MR) is 112 cm³/mol. The van der Waals surface area contributed by atoms with Crippen LogP contribution in [0.2, 0.25) is 5.02 Å². The average molecular weight is 413 g/mol. The highest BCUT2D eigenvalue weighted by Crippen LogP contribution is 2.23. The number of carbonyl (C=O) groups is 2. The van der Waals surface area contributed by atoms with Crippen LogP contribution >= 0.6 is 11.6 Å². The van der Waals surface area contributed by atoms with Gasteiger partial charge in [-0.25, -0.2) is 4.79 Å². The number of nitriles is 1. The van der Waals surface area contributed by atoms with Crippen molar-refractivity contribution >= 4 is 35.2 Å². The summed E-state index contributed by atoms with van der Waals surface area (Å²) >= 11 is 6.04. The molecule has 0 saturated heterocycles. The van der Waals surface area contributed by atoms with Crippen molar-refractivity contribution in [3.05, 3.63) is 64.2 Å². The zero-order chi connectivity index (χ0) is 21.4. The van der Waals surface area contributed by atoms with E-state index in [2.05, 4.69) is 5.32 Å². The second-order valence-corrected chi connectivity index (χ2v) is 6.53. The standard InChI is InChI=1S/C22H21ClN2O4/c1-4-28-18-10-8-16(9-11-18)12-17(13-24)22(27)29-15(3)21(26)25-20-7-5-6-19(23)14(20)2/h5-12,15H,4H2,1-3H3,(H,25,26)/b17-12+/t15-/m0/s1. The molecule has 0 saturated carbocycles. The van der Waals surface area contributed by atoms with Crippen molar-refractivity contribution in [3.8, 4) is 11.8 Å². The first kappa shape index (κ1) is 22.0. The molecule has 0 spiro atoms. The van der Waals surface area contributed by atoms with Crippen LogP contribution < -0.4 is 10.1 Å². The van der Waals surface area contributed by atoms with Gasteiger partial charge in [0.05, 0.1) is 6.61 Å². The number of anilines is 1. The number of hydrogen-bond acceptors (Lipinski definition) is 5. The summed E-state index contributed by atoms with van der Waals surface area (Å²) in [6.07, 6.45) is 0.294. The van der Waals surface area contributed by atoms with Crippen molar-refractivity contribution < 1.29 is 19.1 Å². The van der Waals surface area contributed by atoms with Gasteiger partial charge in [-0.15, -0.1) is 0 Å². The van der Waals surface area contributed by atoms with Crippen LogP contribution in [-0.4, -0.2) is 24.6 Å². The van der Waals surface area contributed by atoms with Gasteiger partial charge in [-0.05, 0) is 62.2 Å². The molecule has 0 radical (unpaired) electrons. The monoisotopic (exact) mass is 412 g/mol. The van der Waals surface area contributed by atoms with Crippen LogP contribution in [0.4, 0.5) is 5.69 Å². The van der Waals surface area contributed by atoms with E-state index in [1.807, 2.05) is 6.92 Å². The molecule has 2 aromatic rings. The van der Waals surface area contributed by atoms with Crippen LogP contribution in [0, 0.1) is 18.3 Å². The van der Waals surface area contributed by atoms with E-state index in [-0.39, 0.29) is 5.57 Å². The van der Waals surface area contributed by atoms with Gasteiger partial charge in [0.1, 0.15) is 17.4 Å². The van der Waals surface area contributed by atoms with Crippen molar-refractivity contribution in [1.82, 2.24) is 0 Å². The van der Waals surface area contributed by atoms with Crippen molar-refractivity contribution in [3.63, 3.8) is 0 Å². The zero-order valence-electron chi connectivity index (χ0n) is 16.4. The first-order valence-electron chi connectivity index (χ1n) is 8.97. The van der Waals surface area contributed by atoms with E-state index in [4.69, 9.17) is 21.1 Å². The lowest BCUT2D eigenvalue weighted by Gasteiger charge is -2.15. The number of halogens is 1. The van der Waals surface area contributed by atoms with Gasteiger partial charge < -0.3 is 14.8 Å². The second kappa shape index (κ2) is 10.3. The minimum absolute atomic E-state index is 0.215. The number of benzene rings is 2. The fourth-order valence-corrected chi connectivity index (χ4v) is 2.56. The number of rotatable bonds is 7. The van der Waals surface area contributed by atoms with E-state index in [0.29, 0.717) is 34.2 Å². The Morgan fingerprint density at radius 1 is 1.24 bits per heavy atom. The molecule has 0 aliphatic rings. The molecule has 7 heteroatoms. The van der Waals surface area contributed by atoms with E-state index < -0.39 is 18.0 Å². The maximum absolute atomic E-state index is 12.3. The molecule has 0 heterocycles. The summed E-state index contributed by atoms with van der Waals surface area (Å²) in [5, 5.41) is 12.5. The molecule has 29 heavy (non-hydrogen) atoms. The number of ether oxygens (including phenoxy) is 2. The molecule has 150 valence electrons. The summed E-state index contributed by atoms with van der Waals surface area (Å²) in [4.78, 5) is 24.6. The van der Waals surface area contributed by atoms with Crippen molar-refractivity contribution in [1.29, 1.82) is 5.26 Å². The van der Waals surface area contributed by atoms with Gasteiger partial charge in [0, 0.05) is 10.7 Å². The Balaban J connectivity index is 2.05. The normalized spacial score (nSPS) is 11.9. The Kier molecular flexibility index (Phi) is 7.81. The van der Waals surface area contributed by atoms with Crippen molar-refractivity contribution in [2.45, 2.75) is 26.9 Å². The van der Waals surface area contributed by atoms with Crippen LogP contribution in [-0.2, 0) is 14.3 Å². The summed E-state index contributed by atoms with van der Waals surface area (Å²) in [6, 6.07) is 13.8. The summed E-state index contributed by atoms with van der Waals surface area (Å²) < 4.78 is 10.5. The minimum atomic E-state index is -1.10. The molecule has 0 fully saturated rings. The third-order valence-corrected chi connectivity index (χ3v) is 4.43. The Hall–Kier alpha value is -3.30. The molecular weight excluding hydrogens is 392 g/mol. The molecular formula is C22H21ClN2O4. The molecule has 2 aromatic carbocycles. The molecule has 0 aliphatic carbocycles. The molecule has 1 N–H and O–H groups in total. The molecule has 2 rings (SSSR count). The molecule has 1 atom stereocenters. The predicted octanol–water partition coefficient (Wildman–Crippen LogP) is 4.52. The number of esters is 1. The summed E-state index contributed by atoms with van der Waals surface area (Å²) in [6.45, 7) is 5.61. The van der Waals surface area contributed by atoms with Gasteiger partial charge >= 0.3 is 5.97 Å². The lowest BCUT2D eigenvalue weighted by molar-refractivity contribution is -0.148. The third kappa shape index (κ3) is 6.09. The lowest BCUT2D eigenvalue weighted by Crippen LogP contribution is -2.30. The SMILES string of the molecule is CCOc1ccc(/C=C(\C#N)C(=O)O[C@@H](C)C(=O)Nc2cccc(Cl)c2C)cc1. The minimum Gasteiger partial charge on any atom is -0.494 e. The molecule has 0 bridgehead atoms. The van der Waals surface area contributed by atoms with Crippen molar-refractivity contribution in [2.75, 3.05) is 11.9 Å². The van der Waals surface area contributed by atoms with E-state index in [9.17, 15) is 14.9 Å². The van der Waals surface area contributed by atoms with Crippen LogP contribution in [0.25, 0.3) is 6.08 Å². The average Bonchev–Trinajstić information content (AvgIpc) is 2.70. The highest BCUT2D eigenvalue weighted by molar-refractivity contribution is 6.31. The van der Waals surface area contributed by atoms with Crippen LogP contribution in [0.1, 0.15) is 25.0 Å². The fraction of sp³-hybridized carbons (Fsp3) is 0.227. The summed E-state index contributed by atoms with van der Waals surface area (Å²) in [7, 11) is 0. The molecule has 0 aromatic heterocycles. The lowest BCUT2D eigenvalue weighted by atomic mass is 10.1. The molecule has 0 unspecified atom stereocenters. The van der Waals surface area contributed by atoms with E-state index in [0.717, 1.165) is 0 Å². The van der Waals surface area contributed by atoms with Gasteiger partial charge in [0.2, 0.25) is 0 Å². The van der Waals surface area contributed by atoms with E-state index in [1.165, 1.54) is 13.0 Å². The number of amides is 1. The Bertz CT molecular complexity index is 962. The van der Waals surface area contributed by atoms with Crippen molar-refractivity contribution in [2.24, 2.45) is 0 Å². The fourth-order valence-electron chi connectivity index (χ4n) is 2.39. The first-order valence-corrected chi connectivity index (χ1v) is 9.35. The Labute approximate surface area is 174 Å². The molecule has 0 aliphatic heterocycles. The molecule has 1 amide bonds. The topological polar surface area (TPSA) is 88.4 Å². The quantitative estimate of drug-likeness (QED) is 0.410. The first-order chi connectivity index (χ1) is 13.8. The summed E-state index contributed by atoms with van der Waals surface area (Å²) in [5.74, 6) is -0.721. The van der Waals surface area contributed by atoms with Gasteiger partial charge in [-0.3, -0.25) is 4.79 Å². The maximum atomic E-state index is 12.3. The highest BCUT2D eigenvalue weighted by Gasteiger charge is 2.21. The largest absolute Gasteiger partial charge is 0.494 e.